The molecule has 2 heterocycles. The van der Waals surface area contributed by atoms with Gasteiger partial charge < -0.3 is 9.47 Å². The Morgan fingerprint density at radius 1 is 1.19 bits per heavy atom. The first-order valence-corrected chi connectivity index (χ1v) is 10.5. The molecule has 6 nitrogen and oxygen atoms in total. The first kappa shape index (κ1) is 18.3. The molecule has 2 fully saturated rings. The summed E-state index contributed by atoms with van der Waals surface area (Å²) in [5, 5.41) is 0. The van der Waals surface area contributed by atoms with E-state index >= 15 is 0 Å². The van der Waals surface area contributed by atoms with Crippen molar-refractivity contribution in [2.24, 2.45) is 0 Å². The van der Waals surface area contributed by atoms with Gasteiger partial charge in [0.1, 0.15) is 6.54 Å². The van der Waals surface area contributed by atoms with E-state index in [1.807, 2.05) is 0 Å². The van der Waals surface area contributed by atoms with Gasteiger partial charge in [0.05, 0.1) is 22.5 Å². The summed E-state index contributed by atoms with van der Waals surface area (Å²) >= 11 is 0. The highest BCUT2D eigenvalue weighted by molar-refractivity contribution is 7.91. The summed E-state index contributed by atoms with van der Waals surface area (Å²) in [6.07, 6.45) is -2.86. The molecule has 0 bridgehead atoms. The Bertz CT molecular complexity index is 996. The monoisotopic (exact) mass is 401 g/mol. The molecule has 1 aliphatic carbocycles. The maximum absolute atomic E-state index is 13.4. The number of carbonyl (C=O) groups is 1. The number of para-hydroxylation sites is 2. The van der Waals surface area contributed by atoms with E-state index in [1.54, 1.807) is 12.1 Å². The van der Waals surface area contributed by atoms with Crippen molar-refractivity contribution >= 4 is 26.8 Å². The quantitative estimate of drug-likeness (QED) is 0.788. The van der Waals surface area contributed by atoms with Crippen LogP contribution < -0.4 is 0 Å². The SMILES string of the molecule is O=C(Cn1c(C(F)(F)F)nc2ccccc21)N(C1CC1)[C@H]1CCS(=O)(=O)C1. The lowest BCUT2D eigenvalue weighted by Gasteiger charge is -2.29. The zero-order valence-electron chi connectivity index (χ0n) is 14.3. The van der Waals surface area contributed by atoms with E-state index in [0.717, 1.165) is 17.4 Å². The number of halogens is 3. The fourth-order valence-electron chi connectivity index (χ4n) is 3.72. The van der Waals surface area contributed by atoms with Crippen molar-refractivity contribution in [1.82, 2.24) is 14.5 Å². The minimum Gasteiger partial charge on any atom is -0.334 e. The molecular formula is C17H18F3N3O3S. The largest absolute Gasteiger partial charge is 0.449 e. The molecular weight excluding hydrogens is 383 g/mol. The molecule has 1 aliphatic heterocycles. The van der Waals surface area contributed by atoms with E-state index in [9.17, 15) is 26.4 Å². The molecule has 146 valence electrons. The summed E-state index contributed by atoms with van der Waals surface area (Å²) in [5.74, 6) is -1.72. The number of aromatic nitrogens is 2. The predicted molar refractivity (Wildman–Crippen MR) is 91.7 cm³/mol. The van der Waals surface area contributed by atoms with Crippen molar-refractivity contribution in [2.75, 3.05) is 11.5 Å². The number of rotatable bonds is 4. The Morgan fingerprint density at radius 3 is 2.48 bits per heavy atom. The van der Waals surface area contributed by atoms with E-state index in [2.05, 4.69) is 4.98 Å². The van der Waals surface area contributed by atoms with E-state index in [1.165, 1.54) is 17.0 Å². The normalized spacial score (nSPS) is 22.3. The van der Waals surface area contributed by atoms with E-state index in [-0.39, 0.29) is 28.6 Å². The first-order valence-electron chi connectivity index (χ1n) is 8.70. The fourth-order valence-corrected chi connectivity index (χ4v) is 5.43. The minimum atomic E-state index is -4.69. The molecule has 0 spiro atoms. The number of nitrogens with zero attached hydrogens (tertiary/aromatic N) is 3. The van der Waals surface area contributed by atoms with Crippen LogP contribution in [0.5, 0.6) is 0 Å². The first-order chi connectivity index (χ1) is 12.7. The molecule has 1 saturated heterocycles. The van der Waals surface area contributed by atoms with Gasteiger partial charge in [0.15, 0.2) is 9.84 Å². The maximum Gasteiger partial charge on any atom is 0.449 e. The third kappa shape index (κ3) is 3.54. The third-order valence-corrected chi connectivity index (χ3v) is 6.78. The molecule has 4 rings (SSSR count). The second-order valence-electron chi connectivity index (χ2n) is 7.10. The van der Waals surface area contributed by atoms with E-state index in [4.69, 9.17) is 0 Å². The number of imidazole rings is 1. The molecule has 0 N–H and O–H groups in total. The highest BCUT2D eigenvalue weighted by Gasteiger charge is 2.43. The second kappa shape index (κ2) is 6.22. The minimum absolute atomic E-state index is 0.00989. The molecule has 2 aliphatic rings. The van der Waals surface area contributed by atoms with Gasteiger partial charge in [-0.3, -0.25) is 4.79 Å². The highest BCUT2D eigenvalue weighted by atomic mass is 32.2. The van der Waals surface area contributed by atoms with Crippen LogP contribution >= 0.6 is 0 Å². The summed E-state index contributed by atoms with van der Waals surface area (Å²) in [6.45, 7) is -0.512. The molecule has 1 aromatic heterocycles. The van der Waals surface area contributed by atoms with Crippen molar-refractivity contribution in [3.63, 3.8) is 0 Å². The molecule has 1 amide bonds. The third-order valence-electron chi connectivity index (χ3n) is 5.03. The Balaban J connectivity index is 1.67. The molecule has 1 saturated carbocycles. The van der Waals surface area contributed by atoms with Crippen LogP contribution in [-0.4, -0.2) is 52.4 Å². The highest BCUT2D eigenvalue weighted by Crippen LogP contribution is 2.34. The lowest BCUT2D eigenvalue weighted by atomic mass is 10.2. The molecule has 1 atom stereocenters. The number of alkyl halides is 3. The number of hydrogen-bond acceptors (Lipinski definition) is 4. The van der Waals surface area contributed by atoms with Gasteiger partial charge in [-0.25, -0.2) is 13.4 Å². The summed E-state index contributed by atoms with van der Waals surface area (Å²) in [7, 11) is -3.20. The number of carbonyl (C=O) groups excluding carboxylic acids is 1. The van der Waals surface area contributed by atoms with E-state index < -0.39 is 40.3 Å². The summed E-state index contributed by atoms with van der Waals surface area (Å²) < 4.78 is 64.7. The molecule has 27 heavy (non-hydrogen) atoms. The predicted octanol–water partition coefficient (Wildman–Crippen LogP) is 2.23. The molecule has 0 radical (unpaired) electrons. The van der Waals surface area contributed by atoms with E-state index in [0.29, 0.717) is 6.42 Å². The summed E-state index contributed by atoms with van der Waals surface area (Å²) in [6, 6.07) is 5.59. The van der Waals surface area contributed by atoms with Gasteiger partial charge in [-0.15, -0.1) is 0 Å². The Hall–Kier alpha value is -2.10. The second-order valence-corrected chi connectivity index (χ2v) is 9.33. The summed E-state index contributed by atoms with van der Waals surface area (Å²) in [5.41, 5.74) is 0.395. The molecule has 1 aromatic carbocycles. The van der Waals surface area contributed by atoms with Crippen molar-refractivity contribution in [1.29, 1.82) is 0 Å². The molecule has 0 unspecified atom stereocenters. The van der Waals surface area contributed by atoms with Gasteiger partial charge in [0, 0.05) is 12.1 Å². The van der Waals surface area contributed by atoms with Crippen LogP contribution in [-0.2, 0) is 27.4 Å². The van der Waals surface area contributed by atoms with Gasteiger partial charge in [0.25, 0.3) is 0 Å². The van der Waals surface area contributed by atoms with Crippen LogP contribution in [0.3, 0.4) is 0 Å². The summed E-state index contributed by atoms with van der Waals surface area (Å²) in [4.78, 5) is 18.1. The number of fused-ring (bicyclic) bond motifs is 1. The molecule has 10 heteroatoms. The lowest BCUT2D eigenvalue weighted by Crippen LogP contribution is -2.44. The number of sulfone groups is 1. The molecule has 2 aromatic rings. The van der Waals surface area contributed by atoms with Crippen molar-refractivity contribution in [2.45, 2.75) is 44.1 Å². The smallest absolute Gasteiger partial charge is 0.334 e. The van der Waals surface area contributed by atoms with Crippen molar-refractivity contribution in [3.05, 3.63) is 30.1 Å². The zero-order valence-corrected chi connectivity index (χ0v) is 15.1. The van der Waals surface area contributed by atoms with Gasteiger partial charge in [0.2, 0.25) is 11.7 Å². The van der Waals surface area contributed by atoms with Crippen LogP contribution in [0, 0.1) is 0 Å². The van der Waals surface area contributed by atoms with Crippen molar-refractivity contribution < 1.29 is 26.4 Å². The Morgan fingerprint density at radius 2 is 1.89 bits per heavy atom. The van der Waals surface area contributed by atoms with Crippen molar-refractivity contribution in [3.8, 4) is 0 Å². The Labute approximate surface area is 153 Å². The number of benzene rings is 1. The van der Waals surface area contributed by atoms with Crippen LogP contribution in [0.4, 0.5) is 13.2 Å². The zero-order chi connectivity index (χ0) is 19.4. The Kier molecular flexibility index (Phi) is 4.21. The topological polar surface area (TPSA) is 72.3 Å². The maximum atomic E-state index is 13.4. The average molecular weight is 401 g/mol. The van der Waals surface area contributed by atoms with Crippen LogP contribution in [0.25, 0.3) is 11.0 Å². The fraction of sp³-hybridized carbons (Fsp3) is 0.529. The van der Waals surface area contributed by atoms with Gasteiger partial charge in [-0.1, -0.05) is 12.1 Å². The standard InChI is InChI=1S/C17H18F3N3O3S/c18-17(19,20)16-21-13-3-1-2-4-14(13)22(16)9-15(24)23(11-5-6-11)12-7-8-27(25,26)10-12/h1-4,11-12H,5-10H2/t12-/m0/s1. The van der Waals surface area contributed by atoms with Crippen LogP contribution in [0.1, 0.15) is 25.1 Å². The lowest BCUT2D eigenvalue weighted by molar-refractivity contribution is -0.148. The van der Waals surface area contributed by atoms with Crippen LogP contribution in [0.15, 0.2) is 24.3 Å². The number of amides is 1. The van der Waals surface area contributed by atoms with Gasteiger partial charge in [-0.05, 0) is 31.4 Å². The number of hydrogen-bond donors (Lipinski definition) is 0. The van der Waals surface area contributed by atoms with Gasteiger partial charge >= 0.3 is 6.18 Å². The van der Waals surface area contributed by atoms with Crippen LogP contribution in [0.2, 0.25) is 0 Å². The average Bonchev–Trinajstić information content (AvgIpc) is 3.23. The van der Waals surface area contributed by atoms with Gasteiger partial charge in [-0.2, -0.15) is 13.2 Å².